The summed E-state index contributed by atoms with van der Waals surface area (Å²) in [6, 6.07) is 12.1. The Labute approximate surface area is 123 Å². The molecule has 0 saturated heterocycles. The first kappa shape index (κ1) is 12.7. The Bertz CT molecular complexity index is 555. The molecule has 2 rings (SSSR count). The number of benzene rings is 2. The molecule has 17 heavy (non-hydrogen) atoms. The number of hydrogen-bond acceptors (Lipinski definition) is 2. The molecule has 2 nitrogen and oxygen atoms in total. The van der Waals surface area contributed by atoms with Crippen molar-refractivity contribution in [2.45, 2.75) is 6.92 Å². The van der Waals surface area contributed by atoms with Gasteiger partial charge in [-0.1, -0.05) is 12.1 Å². The van der Waals surface area contributed by atoms with E-state index < -0.39 is 0 Å². The van der Waals surface area contributed by atoms with Crippen molar-refractivity contribution in [1.29, 1.82) is 0 Å². The minimum Gasteiger partial charge on any atom is -0.398 e. The normalized spacial score (nSPS) is 10.3. The highest BCUT2D eigenvalue weighted by atomic mass is 127. The molecule has 0 fully saturated rings. The fraction of sp³-hybridized carbons (Fsp3) is 0.0769. The van der Waals surface area contributed by atoms with Gasteiger partial charge in [-0.25, -0.2) is 0 Å². The van der Waals surface area contributed by atoms with E-state index in [1.54, 1.807) is 0 Å². The van der Waals surface area contributed by atoms with Gasteiger partial charge in [0, 0.05) is 13.7 Å². The summed E-state index contributed by atoms with van der Waals surface area (Å²) >= 11 is 5.83. The zero-order valence-electron chi connectivity index (χ0n) is 9.30. The van der Waals surface area contributed by atoms with Crippen molar-refractivity contribution < 1.29 is 0 Å². The number of nitrogens with one attached hydrogen (secondary N) is 1. The summed E-state index contributed by atoms with van der Waals surface area (Å²) < 4.78 is 2.16. The van der Waals surface area contributed by atoms with Crippen LogP contribution in [0.5, 0.6) is 0 Å². The average molecular weight is 403 g/mol. The predicted molar refractivity (Wildman–Crippen MR) is 85.7 cm³/mol. The summed E-state index contributed by atoms with van der Waals surface area (Å²) in [5, 5.41) is 3.40. The van der Waals surface area contributed by atoms with Gasteiger partial charge >= 0.3 is 0 Å². The molecule has 88 valence electrons. The molecule has 0 atom stereocenters. The lowest BCUT2D eigenvalue weighted by Gasteiger charge is -2.12. The molecule has 4 heteroatoms. The molecular formula is C13H12BrIN2. The standard InChI is InChI=1S/C13H12BrIN2/c1-8-6-13(9(14)7-11(8)16)17-12-5-3-2-4-10(12)15/h2-7,17H,16H2,1H3. The van der Waals surface area contributed by atoms with Crippen molar-refractivity contribution in [3.05, 3.63) is 50.0 Å². The Kier molecular flexibility index (Phi) is 3.93. The maximum absolute atomic E-state index is 5.85. The van der Waals surface area contributed by atoms with E-state index in [1.807, 2.05) is 31.2 Å². The maximum Gasteiger partial charge on any atom is 0.0533 e. The second-order valence-electron chi connectivity index (χ2n) is 3.79. The summed E-state index contributed by atoms with van der Waals surface area (Å²) in [7, 11) is 0. The lowest BCUT2D eigenvalue weighted by atomic mass is 10.2. The molecule has 0 aliphatic heterocycles. The minimum absolute atomic E-state index is 0.796. The van der Waals surface area contributed by atoms with Gasteiger partial charge in [-0.05, 0) is 75.3 Å². The summed E-state index contributed by atoms with van der Waals surface area (Å²) in [5.41, 5.74) is 9.84. The Balaban J connectivity index is 2.37. The van der Waals surface area contributed by atoms with Gasteiger partial charge in [-0.15, -0.1) is 0 Å². The number of anilines is 3. The number of halogens is 2. The highest BCUT2D eigenvalue weighted by Crippen LogP contribution is 2.31. The van der Waals surface area contributed by atoms with E-state index in [1.165, 1.54) is 3.57 Å². The lowest BCUT2D eigenvalue weighted by Crippen LogP contribution is -1.97. The average Bonchev–Trinajstić information content (AvgIpc) is 2.29. The SMILES string of the molecule is Cc1cc(Nc2ccccc2I)c(Br)cc1N. The second kappa shape index (κ2) is 5.27. The molecule has 2 aromatic carbocycles. The summed E-state index contributed by atoms with van der Waals surface area (Å²) in [4.78, 5) is 0. The van der Waals surface area contributed by atoms with Gasteiger partial charge in [-0.2, -0.15) is 0 Å². The van der Waals surface area contributed by atoms with Gasteiger partial charge in [0.05, 0.1) is 11.4 Å². The van der Waals surface area contributed by atoms with E-state index in [9.17, 15) is 0 Å². The largest absolute Gasteiger partial charge is 0.398 e. The zero-order valence-corrected chi connectivity index (χ0v) is 13.0. The molecule has 0 radical (unpaired) electrons. The third-order valence-electron chi connectivity index (χ3n) is 2.50. The smallest absolute Gasteiger partial charge is 0.0533 e. The van der Waals surface area contributed by atoms with Crippen LogP contribution in [0.3, 0.4) is 0 Å². The summed E-state index contributed by atoms with van der Waals surface area (Å²) in [5.74, 6) is 0. The molecule has 0 heterocycles. The van der Waals surface area contributed by atoms with Crippen LogP contribution in [0.15, 0.2) is 40.9 Å². The molecule has 0 spiro atoms. The van der Waals surface area contributed by atoms with Crippen molar-refractivity contribution in [1.82, 2.24) is 0 Å². The van der Waals surface area contributed by atoms with Gasteiger partial charge in [0.2, 0.25) is 0 Å². The molecule has 0 amide bonds. The first-order valence-electron chi connectivity index (χ1n) is 5.15. The third kappa shape index (κ3) is 2.93. The van der Waals surface area contributed by atoms with Crippen molar-refractivity contribution in [3.63, 3.8) is 0 Å². The number of aryl methyl sites for hydroxylation is 1. The van der Waals surface area contributed by atoms with Gasteiger partial charge in [-0.3, -0.25) is 0 Å². The van der Waals surface area contributed by atoms with E-state index in [4.69, 9.17) is 5.73 Å². The lowest BCUT2D eigenvalue weighted by molar-refractivity contribution is 1.43. The predicted octanol–water partition coefficient (Wildman–Crippen LogP) is 4.69. The van der Waals surface area contributed by atoms with Crippen molar-refractivity contribution in [3.8, 4) is 0 Å². The Morgan fingerprint density at radius 2 is 1.88 bits per heavy atom. The van der Waals surface area contributed by atoms with Gasteiger partial charge < -0.3 is 11.1 Å². The number of rotatable bonds is 2. The van der Waals surface area contributed by atoms with Crippen molar-refractivity contribution in [2.75, 3.05) is 11.1 Å². The van der Waals surface area contributed by atoms with E-state index in [0.29, 0.717) is 0 Å². The molecule has 0 aromatic heterocycles. The summed E-state index contributed by atoms with van der Waals surface area (Å²) in [6.45, 7) is 2.00. The molecule has 0 aliphatic rings. The van der Waals surface area contributed by atoms with Crippen LogP contribution in [-0.4, -0.2) is 0 Å². The molecule has 0 saturated carbocycles. The highest BCUT2D eigenvalue weighted by molar-refractivity contribution is 14.1. The fourth-order valence-electron chi connectivity index (χ4n) is 1.50. The van der Waals surface area contributed by atoms with Crippen molar-refractivity contribution in [2.24, 2.45) is 0 Å². The maximum atomic E-state index is 5.85. The van der Waals surface area contributed by atoms with Gasteiger partial charge in [0.25, 0.3) is 0 Å². The molecule has 3 N–H and O–H groups in total. The quantitative estimate of drug-likeness (QED) is 0.565. The van der Waals surface area contributed by atoms with Crippen LogP contribution in [0, 0.1) is 10.5 Å². The molecule has 0 bridgehead atoms. The van der Waals surface area contributed by atoms with Gasteiger partial charge in [0.15, 0.2) is 0 Å². The van der Waals surface area contributed by atoms with Crippen LogP contribution in [0.2, 0.25) is 0 Å². The summed E-state index contributed by atoms with van der Waals surface area (Å²) in [6.07, 6.45) is 0. The van der Waals surface area contributed by atoms with E-state index in [0.717, 1.165) is 27.1 Å². The second-order valence-corrected chi connectivity index (χ2v) is 5.81. The number of para-hydroxylation sites is 1. The van der Waals surface area contributed by atoms with E-state index >= 15 is 0 Å². The van der Waals surface area contributed by atoms with Crippen LogP contribution in [0.1, 0.15) is 5.56 Å². The monoisotopic (exact) mass is 402 g/mol. The van der Waals surface area contributed by atoms with Crippen LogP contribution in [-0.2, 0) is 0 Å². The molecular weight excluding hydrogens is 391 g/mol. The number of nitrogens with two attached hydrogens (primary N) is 1. The number of nitrogen functional groups attached to an aromatic ring is 1. The first-order valence-corrected chi connectivity index (χ1v) is 7.02. The van der Waals surface area contributed by atoms with Crippen molar-refractivity contribution >= 4 is 55.6 Å². The first-order chi connectivity index (χ1) is 8.08. The topological polar surface area (TPSA) is 38.0 Å². The molecule has 2 aromatic rings. The number of hydrogen-bond donors (Lipinski definition) is 2. The van der Waals surface area contributed by atoms with Crippen LogP contribution in [0.25, 0.3) is 0 Å². The Morgan fingerprint density at radius 1 is 1.18 bits per heavy atom. The zero-order chi connectivity index (χ0) is 12.4. The Morgan fingerprint density at radius 3 is 2.59 bits per heavy atom. The van der Waals surface area contributed by atoms with Crippen LogP contribution >= 0.6 is 38.5 Å². The molecule has 0 aliphatic carbocycles. The van der Waals surface area contributed by atoms with Gasteiger partial charge in [0.1, 0.15) is 0 Å². The molecule has 0 unspecified atom stereocenters. The van der Waals surface area contributed by atoms with E-state index in [2.05, 4.69) is 56.0 Å². The Hall–Kier alpha value is -0.750. The fourth-order valence-corrected chi connectivity index (χ4v) is 2.48. The third-order valence-corrected chi connectivity index (χ3v) is 4.10. The van der Waals surface area contributed by atoms with Crippen LogP contribution < -0.4 is 11.1 Å². The minimum atomic E-state index is 0.796. The highest BCUT2D eigenvalue weighted by Gasteiger charge is 2.05. The van der Waals surface area contributed by atoms with E-state index in [-0.39, 0.29) is 0 Å². The van der Waals surface area contributed by atoms with Crippen LogP contribution in [0.4, 0.5) is 17.1 Å².